The van der Waals surface area contributed by atoms with E-state index in [1.165, 1.54) is 11.3 Å². The van der Waals surface area contributed by atoms with E-state index in [1.54, 1.807) is 17.2 Å². The molecular weight excluding hydrogens is 302 g/mol. The van der Waals surface area contributed by atoms with E-state index < -0.39 is 0 Å². The molecule has 0 unspecified atom stereocenters. The van der Waals surface area contributed by atoms with Crippen molar-refractivity contribution in [2.24, 2.45) is 0 Å². The molecule has 0 bridgehead atoms. The molecule has 0 aromatic carbocycles. The van der Waals surface area contributed by atoms with Crippen LogP contribution in [0.2, 0.25) is 0 Å². The number of hydrogen-bond donors (Lipinski definition) is 0. The van der Waals surface area contributed by atoms with Crippen LogP contribution in [0.15, 0.2) is 41.6 Å². The molecule has 1 aromatic rings. The Labute approximate surface area is 133 Å². The zero-order chi connectivity index (χ0) is 15.8. The summed E-state index contributed by atoms with van der Waals surface area (Å²) in [5, 5.41) is 1.87. The van der Waals surface area contributed by atoms with Crippen molar-refractivity contribution in [3.8, 4) is 0 Å². The molecule has 2 heterocycles. The molecule has 1 aromatic heterocycles. The summed E-state index contributed by atoms with van der Waals surface area (Å²) in [6, 6.07) is 3.65. The van der Waals surface area contributed by atoms with Crippen molar-refractivity contribution in [1.29, 1.82) is 0 Å². The number of allylic oxidation sites excluding steroid dienone is 1. The van der Waals surface area contributed by atoms with Gasteiger partial charge in [-0.3, -0.25) is 4.79 Å². The van der Waals surface area contributed by atoms with E-state index in [1.807, 2.05) is 30.6 Å². The van der Waals surface area contributed by atoms with Crippen LogP contribution >= 0.6 is 11.3 Å². The fourth-order valence-electron chi connectivity index (χ4n) is 1.96. The molecular formula is C16H19NO4S. The second-order valence-corrected chi connectivity index (χ2v) is 5.60. The summed E-state index contributed by atoms with van der Waals surface area (Å²) >= 11 is 1.42. The molecule has 118 valence electrons. The first-order valence-electron chi connectivity index (χ1n) is 7.15. The Bertz CT molecular complexity index is 563. The highest BCUT2D eigenvalue weighted by Crippen LogP contribution is 2.16. The summed E-state index contributed by atoms with van der Waals surface area (Å²) in [5.41, 5.74) is 0.540. The van der Waals surface area contributed by atoms with E-state index in [9.17, 15) is 9.59 Å². The van der Waals surface area contributed by atoms with Crippen molar-refractivity contribution in [2.75, 3.05) is 26.4 Å². The highest BCUT2D eigenvalue weighted by Gasteiger charge is 2.17. The van der Waals surface area contributed by atoms with Gasteiger partial charge in [0.15, 0.2) is 5.78 Å². The van der Waals surface area contributed by atoms with Gasteiger partial charge in [0.25, 0.3) is 0 Å². The first-order chi connectivity index (χ1) is 10.7. The Kier molecular flexibility index (Phi) is 6.36. The molecule has 0 atom stereocenters. The van der Waals surface area contributed by atoms with E-state index >= 15 is 0 Å². The number of hydrogen-bond acceptors (Lipinski definition) is 6. The van der Waals surface area contributed by atoms with E-state index in [-0.39, 0.29) is 24.9 Å². The van der Waals surface area contributed by atoms with E-state index in [4.69, 9.17) is 9.47 Å². The fourth-order valence-corrected chi connectivity index (χ4v) is 2.61. The van der Waals surface area contributed by atoms with E-state index in [0.29, 0.717) is 30.1 Å². The van der Waals surface area contributed by atoms with Gasteiger partial charge in [-0.25, -0.2) is 4.79 Å². The maximum Gasteiger partial charge on any atom is 0.335 e. The Morgan fingerprint density at radius 3 is 2.95 bits per heavy atom. The third-order valence-electron chi connectivity index (χ3n) is 3.01. The van der Waals surface area contributed by atoms with Gasteiger partial charge in [0, 0.05) is 25.4 Å². The van der Waals surface area contributed by atoms with Gasteiger partial charge in [0.1, 0.15) is 6.61 Å². The molecule has 5 nitrogen and oxygen atoms in total. The number of carbonyl (C=O) groups excluding carboxylic acids is 2. The molecule has 0 spiro atoms. The van der Waals surface area contributed by atoms with Crippen molar-refractivity contribution in [1.82, 2.24) is 4.90 Å². The summed E-state index contributed by atoms with van der Waals surface area (Å²) < 4.78 is 10.3. The number of ether oxygens (including phenoxy) is 2. The van der Waals surface area contributed by atoms with Crippen molar-refractivity contribution in [3.63, 3.8) is 0 Å². The van der Waals surface area contributed by atoms with Gasteiger partial charge in [0.05, 0.1) is 23.6 Å². The maximum atomic E-state index is 12.1. The summed E-state index contributed by atoms with van der Waals surface area (Å²) in [4.78, 5) is 26.4. The zero-order valence-corrected chi connectivity index (χ0v) is 13.3. The Balaban J connectivity index is 1.87. The summed E-state index contributed by atoms with van der Waals surface area (Å²) in [7, 11) is 0. The molecule has 2 rings (SSSR count). The number of ketones is 1. The van der Waals surface area contributed by atoms with Crippen LogP contribution in [0.3, 0.4) is 0 Å². The maximum absolute atomic E-state index is 12.1. The molecule has 22 heavy (non-hydrogen) atoms. The van der Waals surface area contributed by atoms with Crippen LogP contribution in [-0.2, 0) is 14.3 Å². The summed E-state index contributed by atoms with van der Waals surface area (Å²) in [6.45, 7) is 3.33. The van der Waals surface area contributed by atoms with Gasteiger partial charge in [-0.2, -0.15) is 0 Å². The number of Topliss-reactive ketones (excluding diaryl/α,β-unsaturated/α-hetero) is 1. The molecule has 1 aliphatic rings. The second-order valence-electron chi connectivity index (χ2n) is 4.65. The average molecular weight is 321 g/mol. The quantitative estimate of drug-likeness (QED) is 0.418. The highest BCUT2D eigenvalue weighted by atomic mass is 32.1. The topological polar surface area (TPSA) is 55.8 Å². The predicted molar refractivity (Wildman–Crippen MR) is 84.6 cm³/mol. The SMILES string of the molecule is CCOCCOC(=O)C1=CN(CC(=O)c2cccs2)C=CC1. The van der Waals surface area contributed by atoms with Crippen molar-refractivity contribution >= 4 is 23.1 Å². The third-order valence-corrected chi connectivity index (χ3v) is 3.92. The minimum Gasteiger partial charge on any atom is -0.460 e. The largest absolute Gasteiger partial charge is 0.460 e. The van der Waals surface area contributed by atoms with Crippen molar-refractivity contribution in [3.05, 3.63) is 46.4 Å². The minimum absolute atomic E-state index is 0.0295. The number of thiophene rings is 1. The van der Waals surface area contributed by atoms with E-state index in [2.05, 4.69) is 0 Å². The van der Waals surface area contributed by atoms with Crippen LogP contribution in [0, 0.1) is 0 Å². The number of esters is 1. The van der Waals surface area contributed by atoms with Gasteiger partial charge >= 0.3 is 5.97 Å². The molecule has 0 amide bonds. The van der Waals surface area contributed by atoms with Crippen LogP contribution in [0.5, 0.6) is 0 Å². The lowest BCUT2D eigenvalue weighted by molar-refractivity contribution is -0.140. The minimum atomic E-state index is -0.363. The van der Waals surface area contributed by atoms with Gasteiger partial charge < -0.3 is 14.4 Å². The first-order valence-corrected chi connectivity index (χ1v) is 8.03. The first kappa shape index (κ1) is 16.5. The lowest BCUT2D eigenvalue weighted by Gasteiger charge is -2.20. The van der Waals surface area contributed by atoms with Gasteiger partial charge in [-0.05, 0) is 18.4 Å². The molecule has 6 heteroatoms. The zero-order valence-electron chi connectivity index (χ0n) is 12.5. The second kappa shape index (κ2) is 8.51. The fraction of sp³-hybridized carbons (Fsp3) is 0.375. The molecule has 0 aliphatic carbocycles. The predicted octanol–water partition coefficient (Wildman–Crippen LogP) is 2.61. The van der Waals surface area contributed by atoms with Crippen LogP contribution in [0.4, 0.5) is 0 Å². The molecule has 0 saturated carbocycles. The van der Waals surface area contributed by atoms with Crippen LogP contribution in [-0.4, -0.2) is 43.0 Å². The summed E-state index contributed by atoms with van der Waals surface area (Å²) in [5.74, 6) is -0.334. The van der Waals surface area contributed by atoms with Crippen molar-refractivity contribution < 1.29 is 19.1 Å². The molecule has 0 radical (unpaired) electrons. The van der Waals surface area contributed by atoms with Crippen LogP contribution in [0.1, 0.15) is 23.0 Å². The lowest BCUT2D eigenvalue weighted by atomic mass is 10.1. The lowest BCUT2D eigenvalue weighted by Crippen LogP contribution is -2.24. The monoisotopic (exact) mass is 321 g/mol. The van der Waals surface area contributed by atoms with Crippen molar-refractivity contribution in [2.45, 2.75) is 13.3 Å². The Hall–Kier alpha value is -1.92. The number of carbonyl (C=O) groups is 2. The number of nitrogens with zero attached hydrogens (tertiary/aromatic N) is 1. The standard InChI is InChI=1S/C16H19NO4S/c1-2-20-8-9-21-16(19)13-5-3-7-17(11-13)12-14(18)15-6-4-10-22-15/h3-4,6-7,10-11H,2,5,8-9,12H2,1H3. The molecule has 0 saturated heterocycles. The Morgan fingerprint density at radius 2 is 2.23 bits per heavy atom. The highest BCUT2D eigenvalue weighted by molar-refractivity contribution is 7.12. The van der Waals surface area contributed by atoms with Crippen LogP contribution < -0.4 is 0 Å². The smallest absolute Gasteiger partial charge is 0.335 e. The van der Waals surface area contributed by atoms with E-state index in [0.717, 1.165) is 0 Å². The molecule has 0 fully saturated rings. The third kappa shape index (κ3) is 4.82. The van der Waals surface area contributed by atoms with Gasteiger partial charge in [-0.1, -0.05) is 12.1 Å². The summed E-state index contributed by atoms with van der Waals surface area (Å²) in [6.07, 6.45) is 5.84. The van der Waals surface area contributed by atoms with Gasteiger partial charge in [0.2, 0.25) is 0 Å². The molecule has 0 N–H and O–H groups in total. The Morgan fingerprint density at radius 1 is 1.36 bits per heavy atom. The van der Waals surface area contributed by atoms with Crippen LogP contribution in [0.25, 0.3) is 0 Å². The molecule has 1 aliphatic heterocycles. The van der Waals surface area contributed by atoms with Gasteiger partial charge in [-0.15, -0.1) is 11.3 Å². The number of rotatable bonds is 8. The normalized spacial score (nSPS) is 13.9. The average Bonchev–Trinajstić information content (AvgIpc) is 3.06.